The quantitative estimate of drug-likeness (QED) is 0.289. The summed E-state index contributed by atoms with van der Waals surface area (Å²) in [4.78, 5) is 41.3. The number of ketones is 2. The van der Waals surface area contributed by atoms with Gasteiger partial charge < -0.3 is 19.6 Å². The van der Waals surface area contributed by atoms with Crippen LogP contribution in [0.15, 0.2) is 37.4 Å². The minimum Gasteiger partial charge on any atom is -0.355 e. The van der Waals surface area contributed by atoms with Gasteiger partial charge in [-0.3, -0.25) is 0 Å². The smallest absolute Gasteiger partial charge is 0.130 e. The summed E-state index contributed by atoms with van der Waals surface area (Å²) in [7, 11) is 0. The monoisotopic (exact) mass is 558 g/mol. The summed E-state index contributed by atoms with van der Waals surface area (Å²) in [5.74, 6) is 0.279. The molecule has 0 fully saturated rings. The van der Waals surface area contributed by atoms with Gasteiger partial charge in [-0.1, -0.05) is 25.3 Å². The van der Waals surface area contributed by atoms with E-state index in [0.717, 1.165) is 89.4 Å². The standard InChI is InChI=1S/C36H38N4O2/c1-9-25-21(5)29-15-30-23(7)27(13-11-19(3)41)35(39-30)18-36-28(14-12-20(4)42)24(8)32(40-36)17-34-26(10-2)22(6)31(38-34)16-33(25)37-29/h9-10,15-18,37-38H,1-2,11-14H2,3-8H3. The normalized spacial score (nSPS) is 13.1. The molecule has 8 bridgehead atoms. The average Bonchev–Trinajstić information content (AvgIpc) is 3.59. The third-order valence-electron chi connectivity index (χ3n) is 8.50. The van der Waals surface area contributed by atoms with E-state index in [2.05, 4.69) is 69.0 Å². The van der Waals surface area contributed by atoms with Crippen molar-refractivity contribution in [2.75, 3.05) is 0 Å². The minimum absolute atomic E-state index is 0.139. The first-order valence-corrected chi connectivity index (χ1v) is 14.4. The molecule has 2 N–H and O–H groups in total. The second kappa shape index (κ2) is 11.4. The SMILES string of the molecule is C=Cc1c(C)c2cc3[nH]c(cc4nc(cc5nc(cc1[nH]2)C(C)=C5CCC(C)=O)C(CCC(C)=O)=C4C)c(C)c3C=C. The van der Waals surface area contributed by atoms with Crippen molar-refractivity contribution in [3.63, 3.8) is 0 Å². The van der Waals surface area contributed by atoms with Gasteiger partial charge in [0.2, 0.25) is 0 Å². The Balaban J connectivity index is 1.93. The molecule has 5 rings (SSSR count). The van der Waals surface area contributed by atoms with E-state index in [1.165, 1.54) is 0 Å². The molecule has 0 aromatic carbocycles. The van der Waals surface area contributed by atoms with E-state index >= 15 is 0 Å². The van der Waals surface area contributed by atoms with Crippen LogP contribution in [0.25, 0.3) is 56.5 Å². The van der Waals surface area contributed by atoms with Crippen LogP contribution in [-0.4, -0.2) is 31.5 Å². The number of carbonyl (C=O) groups is 2. The number of H-pyrrole nitrogens is 2. The zero-order valence-electron chi connectivity index (χ0n) is 25.4. The lowest BCUT2D eigenvalue weighted by Gasteiger charge is -2.05. The first-order valence-electron chi connectivity index (χ1n) is 14.4. The lowest BCUT2D eigenvalue weighted by Crippen LogP contribution is -1.94. The number of hydrogen-bond donors (Lipinski definition) is 2. The molecule has 3 aromatic heterocycles. The van der Waals surface area contributed by atoms with Gasteiger partial charge in [-0.2, -0.15) is 0 Å². The summed E-state index contributed by atoms with van der Waals surface area (Å²) in [5, 5.41) is 0. The molecule has 0 unspecified atom stereocenters. The molecule has 0 atom stereocenters. The third-order valence-corrected chi connectivity index (χ3v) is 8.50. The van der Waals surface area contributed by atoms with Gasteiger partial charge in [-0.05, 0) is 112 Å². The fourth-order valence-corrected chi connectivity index (χ4v) is 5.90. The van der Waals surface area contributed by atoms with Gasteiger partial charge in [-0.15, -0.1) is 0 Å². The van der Waals surface area contributed by atoms with Crippen molar-refractivity contribution < 1.29 is 9.59 Å². The molecular weight excluding hydrogens is 520 g/mol. The number of nitrogens with zero attached hydrogens (tertiary/aromatic N) is 2. The number of Topliss-reactive ketones (excluding diaryl/α,β-unsaturated/α-hetero) is 2. The number of hydrogen-bond acceptors (Lipinski definition) is 4. The van der Waals surface area contributed by atoms with Gasteiger partial charge in [0.1, 0.15) is 11.6 Å². The number of aromatic nitrogens is 4. The van der Waals surface area contributed by atoms with Crippen LogP contribution in [0, 0.1) is 13.8 Å². The van der Waals surface area contributed by atoms with Gasteiger partial charge in [-0.25, -0.2) is 9.97 Å². The summed E-state index contributed by atoms with van der Waals surface area (Å²) in [6.07, 6.45) is 5.83. The molecule has 6 heteroatoms. The molecule has 214 valence electrons. The van der Waals surface area contributed by atoms with Gasteiger partial charge >= 0.3 is 0 Å². The highest BCUT2D eigenvalue weighted by Crippen LogP contribution is 2.38. The second-order valence-corrected chi connectivity index (χ2v) is 11.3. The maximum atomic E-state index is 12.0. The Labute approximate surface area is 247 Å². The van der Waals surface area contributed by atoms with Crippen LogP contribution in [0.4, 0.5) is 0 Å². The van der Waals surface area contributed by atoms with Crippen molar-refractivity contribution in [3.05, 3.63) is 82.5 Å². The number of nitrogens with one attached hydrogen (secondary N) is 2. The van der Waals surface area contributed by atoms with Crippen molar-refractivity contribution in [2.24, 2.45) is 0 Å². The van der Waals surface area contributed by atoms with Crippen molar-refractivity contribution in [1.29, 1.82) is 0 Å². The Morgan fingerprint density at radius 3 is 1.48 bits per heavy atom. The van der Waals surface area contributed by atoms with E-state index in [9.17, 15) is 9.59 Å². The number of allylic oxidation sites excluding steroid dienone is 4. The Morgan fingerprint density at radius 2 is 1.05 bits per heavy atom. The molecule has 0 spiro atoms. The van der Waals surface area contributed by atoms with Gasteiger partial charge in [0.05, 0.1) is 22.8 Å². The Hall–Kier alpha value is -4.58. The van der Waals surface area contributed by atoms with E-state index in [4.69, 9.17) is 9.97 Å². The van der Waals surface area contributed by atoms with Crippen LogP contribution in [0.1, 0.15) is 98.4 Å². The molecule has 0 saturated heterocycles. The zero-order valence-corrected chi connectivity index (χ0v) is 25.4. The Bertz CT molecular complexity index is 1910. The van der Waals surface area contributed by atoms with E-state index in [1.807, 2.05) is 18.2 Å². The molecule has 0 radical (unpaired) electrons. The van der Waals surface area contributed by atoms with Gasteiger partial charge in [0, 0.05) is 46.0 Å². The lowest BCUT2D eigenvalue weighted by molar-refractivity contribution is -0.117. The predicted octanol–water partition coefficient (Wildman–Crippen LogP) is 8.82. The van der Waals surface area contributed by atoms with Gasteiger partial charge in [0.25, 0.3) is 0 Å². The van der Waals surface area contributed by atoms with Crippen molar-refractivity contribution >= 4 is 68.1 Å². The molecule has 3 aromatic rings. The van der Waals surface area contributed by atoms with Crippen molar-refractivity contribution in [1.82, 2.24) is 19.9 Å². The van der Waals surface area contributed by atoms with Gasteiger partial charge in [0.15, 0.2) is 0 Å². The Morgan fingerprint density at radius 1 is 0.643 bits per heavy atom. The highest BCUT2D eigenvalue weighted by molar-refractivity contribution is 5.97. The summed E-state index contributed by atoms with van der Waals surface area (Å²) < 4.78 is 0. The first-order chi connectivity index (χ1) is 20.0. The first kappa shape index (κ1) is 28.9. The summed E-state index contributed by atoms with van der Waals surface area (Å²) in [6.45, 7) is 19.7. The van der Waals surface area contributed by atoms with Crippen molar-refractivity contribution in [3.8, 4) is 0 Å². The molecule has 2 aliphatic rings. The summed E-state index contributed by atoms with van der Waals surface area (Å²) >= 11 is 0. The van der Waals surface area contributed by atoms with E-state index in [-0.39, 0.29) is 11.6 Å². The maximum Gasteiger partial charge on any atom is 0.130 e. The molecule has 6 nitrogen and oxygen atoms in total. The fourth-order valence-electron chi connectivity index (χ4n) is 5.90. The second-order valence-electron chi connectivity index (χ2n) is 11.3. The lowest BCUT2D eigenvalue weighted by atomic mass is 9.97. The Kier molecular flexibility index (Phi) is 7.83. The van der Waals surface area contributed by atoms with Crippen molar-refractivity contribution in [2.45, 2.75) is 67.2 Å². The van der Waals surface area contributed by atoms with E-state index in [0.29, 0.717) is 25.7 Å². The molecule has 2 aliphatic heterocycles. The third kappa shape index (κ3) is 5.25. The molecular formula is C36H38N4O2. The summed E-state index contributed by atoms with van der Waals surface area (Å²) in [6, 6.07) is 8.29. The summed E-state index contributed by atoms with van der Waals surface area (Å²) in [5.41, 5.74) is 15.5. The van der Waals surface area contributed by atoms with E-state index in [1.54, 1.807) is 13.8 Å². The molecule has 42 heavy (non-hydrogen) atoms. The molecule has 0 aliphatic carbocycles. The zero-order chi connectivity index (χ0) is 30.3. The number of aromatic amines is 2. The van der Waals surface area contributed by atoms with Crippen LogP contribution in [0.5, 0.6) is 0 Å². The number of rotatable bonds is 8. The highest BCUT2D eigenvalue weighted by atomic mass is 16.1. The maximum absolute atomic E-state index is 12.0. The number of carbonyl (C=O) groups excluding carboxylic acids is 2. The minimum atomic E-state index is 0.139. The van der Waals surface area contributed by atoms with Crippen LogP contribution < -0.4 is 0 Å². The average molecular weight is 559 g/mol. The molecule has 0 amide bonds. The number of fused-ring (bicyclic) bond motifs is 8. The van der Waals surface area contributed by atoms with Crippen LogP contribution in [-0.2, 0) is 9.59 Å². The highest BCUT2D eigenvalue weighted by Gasteiger charge is 2.22. The molecule has 0 saturated carbocycles. The molecule has 5 heterocycles. The largest absolute Gasteiger partial charge is 0.355 e. The van der Waals surface area contributed by atoms with Crippen LogP contribution in [0.2, 0.25) is 0 Å². The van der Waals surface area contributed by atoms with Crippen LogP contribution in [0.3, 0.4) is 0 Å². The topological polar surface area (TPSA) is 91.5 Å². The van der Waals surface area contributed by atoms with Crippen LogP contribution >= 0.6 is 0 Å². The van der Waals surface area contributed by atoms with E-state index < -0.39 is 0 Å². The fraction of sp³-hybridized carbons (Fsp3) is 0.278. The predicted molar refractivity (Wildman–Crippen MR) is 175 cm³/mol. The number of aryl methyl sites for hydroxylation is 2.